The number of carboxylic acids is 1. The molecule has 0 aliphatic heterocycles. The molecule has 4 nitrogen and oxygen atoms in total. The van der Waals surface area contributed by atoms with Crippen molar-refractivity contribution in [3.8, 4) is 16.9 Å². The molecule has 1 N–H and O–H groups in total. The summed E-state index contributed by atoms with van der Waals surface area (Å²) < 4.78 is 5.13. The fraction of sp³-hybridized carbons (Fsp3) is 0.0667. The summed E-state index contributed by atoms with van der Waals surface area (Å²) in [5.74, 6) is -1.18. The molecule has 2 aromatic rings. The Bertz CT molecular complexity index is 783. The van der Waals surface area contributed by atoms with Crippen molar-refractivity contribution in [1.29, 1.82) is 0 Å². The van der Waals surface area contributed by atoms with E-state index in [0.29, 0.717) is 16.7 Å². The number of fused-ring (bicyclic) bond motifs is 3. The number of ketones is 1. The van der Waals surface area contributed by atoms with E-state index in [1.54, 1.807) is 24.3 Å². The minimum Gasteiger partial charge on any atom is -0.480 e. The third-order valence-electron chi connectivity index (χ3n) is 3.21. The predicted octanol–water partition coefficient (Wildman–Crippen LogP) is 3.67. The van der Waals surface area contributed by atoms with Gasteiger partial charge in [0.15, 0.2) is 12.4 Å². The van der Waals surface area contributed by atoms with E-state index in [2.05, 4.69) is 0 Å². The molecule has 3 rings (SSSR count). The fourth-order valence-corrected chi connectivity index (χ4v) is 2.82. The summed E-state index contributed by atoms with van der Waals surface area (Å²) in [7, 11) is 0. The van der Waals surface area contributed by atoms with Crippen molar-refractivity contribution in [2.24, 2.45) is 0 Å². The molecule has 0 heterocycles. The zero-order valence-electron chi connectivity index (χ0n) is 10.5. The van der Waals surface area contributed by atoms with Crippen LogP contribution in [-0.4, -0.2) is 23.5 Å². The number of halogens is 2. The number of hydrogen-bond acceptors (Lipinski definition) is 3. The molecule has 0 unspecified atom stereocenters. The van der Waals surface area contributed by atoms with Gasteiger partial charge in [-0.25, -0.2) is 4.79 Å². The van der Waals surface area contributed by atoms with Gasteiger partial charge in [0.25, 0.3) is 0 Å². The molecule has 0 saturated heterocycles. The van der Waals surface area contributed by atoms with Crippen LogP contribution in [0, 0.1) is 0 Å². The number of aliphatic carboxylic acids is 1. The second-order valence-electron chi connectivity index (χ2n) is 4.48. The number of carbonyl (C=O) groups excluding carboxylic acids is 1. The number of benzene rings is 2. The van der Waals surface area contributed by atoms with E-state index in [0.717, 1.165) is 5.56 Å². The zero-order chi connectivity index (χ0) is 15.1. The number of carbonyl (C=O) groups is 2. The summed E-state index contributed by atoms with van der Waals surface area (Å²) >= 11 is 12.2. The highest BCUT2D eigenvalue weighted by Crippen LogP contribution is 2.46. The lowest BCUT2D eigenvalue weighted by molar-refractivity contribution is -0.139. The highest BCUT2D eigenvalue weighted by atomic mass is 35.5. The van der Waals surface area contributed by atoms with Gasteiger partial charge in [0.2, 0.25) is 0 Å². The summed E-state index contributed by atoms with van der Waals surface area (Å²) in [6, 6.07) is 8.63. The second kappa shape index (κ2) is 5.06. The molecule has 1 aliphatic carbocycles. The minimum absolute atomic E-state index is 0.0397. The van der Waals surface area contributed by atoms with Crippen molar-refractivity contribution in [2.45, 2.75) is 0 Å². The first-order valence-corrected chi connectivity index (χ1v) is 6.77. The van der Waals surface area contributed by atoms with E-state index in [1.807, 2.05) is 6.07 Å². The van der Waals surface area contributed by atoms with Crippen molar-refractivity contribution in [3.63, 3.8) is 0 Å². The summed E-state index contributed by atoms with van der Waals surface area (Å²) in [6.45, 7) is -0.537. The van der Waals surface area contributed by atoms with E-state index in [4.69, 9.17) is 33.0 Å². The highest BCUT2D eigenvalue weighted by molar-refractivity contribution is 6.46. The number of carboxylic acid groups (broad SMARTS) is 1. The Hall–Kier alpha value is -2.04. The maximum atomic E-state index is 12.4. The van der Waals surface area contributed by atoms with Crippen LogP contribution in [0.15, 0.2) is 30.3 Å². The number of hydrogen-bond donors (Lipinski definition) is 1. The average Bonchev–Trinajstić information content (AvgIpc) is 2.75. The Morgan fingerprint density at radius 1 is 1.10 bits per heavy atom. The van der Waals surface area contributed by atoms with Crippen molar-refractivity contribution < 1.29 is 19.4 Å². The van der Waals surface area contributed by atoms with Crippen LogP contribution in [0.25, 0.3) is 11.1 Å². The zero-order valence-corrected chi connectivity index (χ0v) is 12.0. The Morgan fingerprint density at radius 2 is 1.76 bits per heavy atom. The van der Waals surface area contributed by atoms with Crippen molar-refractivity contribution >= 4 is 35.0 Å². The minimum atomic E-state index is -1.13. The van der Waals surface area contributed by atoms with Gasteiger partial charge in [0, 0.05) is 5.56 Å². The maximum absolute atomic E-state index is 12.4. The second-order valence-corrected chi connectivity index (χ2v) is 5.24. The standard InChI is InChI=1S/C15H8Cl2O4/c16-13-10(21-6-11(18)19)5-9-7-3-1-2-4-8(7)15(20)12(9)14(13)17/h1-5H,6H2,(H,18,19). The molecule has 2 aromatic carbocycles. The van der Waals surface area contributed by atoms with Gasteiger partial charge in [-0.2, -0.15) is 0 Å². The molecular formula is C15H8Cl2O4. The van der Waals surface area contributed by atoms with Crippen LogP contribution in [0.1, 0.15) is 15.9 Å². The fourth-order valence-electron chi connectivity index (χ4n) is 2.33. The molecule has 0 radical (unpaired) electrons. The molecule has 106 valence electrons. The molecule has 0 fully saturated rings. The Morgan fingerprint density at radius 3 is 2.43 bits per heavy atom. The lowest BCUT2D eigenvalue weighted by Crippen LogP contribution is -2.10. The first-order valence-electron chi connectivity index (χ1n) is 6.01. The topological polar surface area (TPSA) is 63.6 Å². The monoisotopic (exact) mass is 322 g/mol. The van der Waals surface area contributed by atoms with Gasteiger partial charge in [0.1, 0.15) is 10.8 Å². The van der Waals surface area contributed by atoms with E-state index >= 15 is 0 Å². The van der Waals surface area contributed by atoms with Gasteiger partial charge < -0.3 is 9.84 Å². The summed E-state index contributed by atoms with van der Waals surface area (Å²) in [6.07, 6.45) is 0. The van der Waals surface area contributed by atoms with Crippen LogP contribution in [0.4, 0.5) is 0 Å². The molecule has 0 saturated carbocycles. The third kappa shape index (κ3) is 2.17. The lowest BCUT2D eigenvalue weighted by atomic mass is 10.1. The van der Waals surface area contributed by atoms with Gasteiger partial charge >= 0.3 is 5.97 Å². The van der Waals surface area contributed by atoms with Gasteiger partial charge in [-0.1, -0.05) is 47.5 Å². The Kier molecular flexibility index (Phi) is 3.35. The van der Waals surface area contributed by atoms with Crippen LogP contribution in [0.3, 0.4) is 0 Å². The van der Waals surface area contributed by atoms with Crippen LogP contribution in [0.2, 0.25) is 10.0 Å². The van der Waals surface area contributed by atoms with Gasteiger partial charge in [-0.3, -0.25) is 4.79 Å². The molecule has 21 heavy (non-hydrogen) atoms. The molecule has 1 aliphatic rings. The molecular weight excluding hydrogens is 315 g/mol. The van der Waals surface area contributed by atoms with Crippen molar-refractivity contribution in [3.05, 3.63) is 51.5 Å². The van der Waals surface area contributed by atoms with Gasteiger partial charge in [0.05, 0.1) is 10.6 Å². The lowest BCUT2D eigenvalue weighted by Gasteiger charge is -2.10. The number of rotatable bonds is 3. The average molecular weight is 323 g/mol. The molecule has 0 amide bonds. The molecule has 0 atom stereocenters. The van der Waals surface area contributed by atoms with Gasteiger partial charge in [-0.05, 0) is 17.2 Å². The largest absolute Gasteiger partial charge is 0.480 e. The summed E-state index contributed by atoms with van der Waals surface area (Å²) in [4.78, 5) is 23.0. The highest BCUT2D eigenvalue weighted by Gasteiger charge is 2.31. The molecule has 0 spiro atoms. The SMILES string of the molecule is O=C(O)COc1cc2c(c(Cl)c1Cl)C(=O)c1ccccc1-2. The van der Waals surface area contributed by atoms with Crippen molar-refractivity contribution in [1.82, 2.24) is 0 Å². The quantitative estimate of drug-likeness (QED) is 0.799. The first kappa shape index (κ1) is 13.9. The summed E-state index contributed by atoms with van der Waals surface area (Å²) in [5.41, 5.74) is 2.20. The molecule has 6 heteroatoms. The van der Waals surface area contributed by atoms with Crippen LogP contribution < -0.4 is 4.74 Å². The smallest absolute Gasteiger partial charge is 0.341 e. The predicted molar refractivity (Wildman–Crippen MR) is 78.5 cm³/mol. The van der Waals surface area contributed by atoms with Gasteiger partial charge in [-0.15, -0.1) is 0 Å². The van der Waals surface area contributed by atoms with Crippen LogP contribution in [-0.2, 0) is 4.79 Å². The number of ether oxygens (including phenoxy) is 1. The Balaban J connectivity index is 2.18. The van der Waals surface area contributed by atoms with E-state index < -0.39 is 12.6 Å². The molecule has 0 bridgehead atoms. The van der Waals surface area contributed by atoms with E-state index in [9.17, 15) is 9.59 Å². The first-order chi connectivity index (χ1) is 10.0. The van der Waals surface area contributed by atoms with E-state index in [-0.39, 0.29) is 21.6 Å². The molecule has 0 aromatic heterocycles. The van der Waals surface area contributed by atoms with Crippen LogP contribution in [0.5, 0.6) is 5.75 Å². The Labute approximate surface area is 129 Å². The summed E-state index contributed by atoms with van der Waals surface area (Å²) in [5, 5.41) is 8.79. The normalized spacial score (nSPS) is 12.0. The third-order valence-corrected chi connectivity index (χ3v) is 4.06. The maximum Gasteiger partial charge on any atom is 0.341 e. The van der Waals surface area contributed by atoms with Crippen molar-refractivity contribution in [2.75, 3.05) is 6.61 Å². The van der Waals surface area contributed by atoms with E-state index in [1.165, 1.54) is 0 Å². The van der Waals surface area contributed by atoms with Crippen LogP contribution >= 0.6 is 23.2 Å².